The summed E-state index contributed by atoms with van der Waals surface area (Å²) in [5, 5.41) is 60.9. The Balaban J connectivity index is 0.000000341. The SMILES string of the molecule is C.O=C(O)[C@H](O)[C@@H](O)C(=O)O.[2H]C1([2H])Oc2ccc([C@@H](O)[C@@H](CN3CCCC3)NC(=O)CCCCCCC)cc2OC1([2H])[2H].[2H]C1([2H])Oc2ccc([C@@H](O)[C@@H](CN3CCCC3)NC(=O)CCCCCCC)cc2OC1([2H])[2H]. The lowest BCUT2D eigenvalue weighted by Gasteiger charge is -2.29. The summed E-state index contributed by atoms with van der Waals surface area (Å²) in [6.45, 7) is -1.60. The van der Waals surface area contributed by atoms with Crippen LogP contribution in [0.25, 0.3) is 0 Å². The lowest BCUT2D eigenvalue weighted by atomic mass is 10.0. The maximum absolute atomic E-state index is 12.6. The summed E-state index contributed by atoms with van der Waals surface area (Å²) in [6.07, 6.45) is 9.14. The van der Waals surface area contributed by atoms with Crippen LogP contribution in [0.1, 0.15) is 158 Å². The predicted octanol–water partition coefficient (Wildman–Crippen LogP) is 5.38. The van der Waals surface area contributed by atoms with Gasteiger partial charge in [-0.3, -0.25) is 9.59 Å². The van der Waals surface area contributed by atoms with E-state index in [1.807, 2.05) is 0 Å². The minimum atomic E-state index is -2.68. The summed E-state index contributed by atoms with van der Waals surface area (Å²) >= 11 is 0. The fourth-order valence-electron chi connectivity index (χ4n) is 8.06. The fourth-order valence-corrected chi connectivity index (χ4v) is 8.06. The highest BCUT2D eigenvalue weighted by atomic mass is 16.6. The molecule has 8 N–H and O–H groups in total. The zero-order valence-corrected chi connectivity index (χ0v) is 39.3. The molecule has 0 spiro atoms. The Morgan fingerprint density at radius 1 is 0.551 bits per heavy atom. The van der Waals surface area contributed by atoms with Gasteiger partial charge in [-0.1, -0.05) is 84.8 Å². The van der Waals surface area contributed by atoms with Crippen molar-refractivity contribution < 1.29 is 79.7 Å². The van der Waals surface area contributed by atoms with Gasteiger partial charge in [-0.05, 0) is 100 Å². The second-order valence-electron chi connectivity index (χ2n) is 17.4. The number of benzene rings is 2. The van der Waals surface area contributed by atoms with Gasteiger partial charge in [0.2, 0.25) is 11.8 Å². The molecular formula is C51H82N4O14. The Hall–Kier alpha value is -4.72. The number of aliphatic hydroxyl groups excluding tert-OH is 4. The number of fused-ring (bicyclic) bond motifs is 2. The number of aliphatic carboxylic acids is 2. The molecule has 18 nitrogen and oxygen atoms in total. The van der Waals surface area contributed by atoms with E-state index < -0.39 is 74.7 Å². The highest BCUT2D eigenvalue weighted by Crippen LogP contribution is 2.35. The number of nitrogens with one attached hydrogen (secondary N) is 2. The molecule has 2 saturated heterocycles. The molecule has 6 rings (SSSR count). The monoisotopic (exact) mass is 983 g/mol. The first-order chi connectivity index (χ1) is 35.7. The summed E-state index contributed by atoms with van der Waals surface area (Å²) in [4.78, 5) is 49.2. The van der Waals surface area contributed by atoms with Crippen molar-refractivity contribution in [2.45, 2.75) is 161 Å². The van der Waals surface area contributed by atoms with Gasteiger partial charge in [-0.2, -0.15) is 0 Å². The van der Waals surface area contributed by atoms with Gasteiger partial charge in [0.25, 0.3) is 0 Å². The van der Waals surface area contributed by atoms with Crippen molar-refractivity contribution in [2.24, 2.45) is 0 Å². The van der Waals surface area contributed by atoms with Crippen LogP contribution in [0.15, 0.2) is 36.4 Å². The minimum Gasteiger partial charge on any atom is -0.486 e. The van der Waals surface area contributed by atoms with Crippen molar-refractivity contribution in [3.8, 4) is 23.0 Å². The minimum absolute atomic E-state index is 0. The first kappa shape index (κ1) is 46.7. The quantitative estimate of drug-likeness (QED) is 0.0582. The third kappa shape index (κ3) is 20.6. The Kier molecular flexibility index (Phi) is 21.8. The van der Waals surface area contributed by atoms with Crippen molar-refractivity contribution in [2.75, 3.05) is 65.5 Å². The molecule has 0 unspecified atom stereocenters. The highest BCUT2D eigenvalue weighted by molar-refractivity contribution is 5.83. The van der Waals surface area contributed by atoms with Gasteiger partial charge in [-0.25, -0.2) is 9.59 Å². The Labute approximate surface area is 419 Å². The molecule has 0 radical (unpaired) electrons. The Morgan fingerprint density at radius 2 is 0.884 bits per heavy atom. The van der Waals surface area contributed by atoms with Gasteiger partial charge in [-0.15, -0.1) is 0 Å². The zero-order chi connectivity index (χ0) is 56.4. The molecule has 0 saturated carbocycles. The lowest BCUT2D eigenvalue weighted by molar-refractivity contribution is -0.165. The number of ether oxygens (including phenoxy) is 4. The number of carbonyl (C=O) groups is 4. The first-order valence-corrected chi connectivity index (χ1v) is 24.0. The number of nitrogens with zero attached hydrogens (tertiary/aromatic N) is 2. The standard InChI is InChI=1S/2C23H36N2O4.C4H6O6.CH4/c2*1-2-3-4-5-6-9-22(26)24-19(17-25-12-7-8-13-25)23(27)18-10-11-20-21(16-18)29-15-14-28-20;5-1(3(7)8)2(6)4(9)10;/h2*10-11,16,19,23,27H,2-9,12-15,17H2,1H3,(H,24,26);1-2,5-6H,(H,7,8)(H,9,10);1H4/t2*19-,23-;1-,2-;/m111./s1/i2*14D2,15D2;;. The largest absolute Gasteiger partial charge is 0.486 e. The molecule has 2 amide bonds. The number of carboxylic acids is 2. The van der Waals surface area contributed by atoms with Gasteiger partial charge in [0.15, 0.2) is 35.2 Å². The van der Waals surface area contributed by atoms with E-state index in [-0.39, 0.29) is 42.2 Å². The molecule has 6 atom stereocenters. The van der Waals surface area contributed by atoms with Crippen molar-refractivity contribution in [1.82, 2.24) is 20.4 Å². The van der Waals surface area contributed by atoms with E-state index in [0.29, 0.717) is 37.1 Å². The van der Waals surface area contributed by atoms with Crippen LogP contribution in [-0.2, 0) is 19.2 Å². The van der Waals surface area contributed by atoms with Crippen LogP contribution in [-0.4, -0.2) is 154 Å². The van der Waals surface area contributed by atoms with E-state index in [1.54, 1.807) is 12.1 Å². The number of hydrogen-bond donors (Lipinski definition) is 8. The van der Waals surface area contributed by atoms with E-state index in [4.69, 9.17) is 50.3 Å². The molecule has 0 aliphatic carbocycles. The average Bonchev–Trinajstić information content (AvgIpc) is 4.08. The van der Waals surface area contributed by atoms with Crippen LogP contribution in [0.2, 0.25) is 0 Å². The normalized spacial score (nSPS) is 22.4. The number of aliphatic hydroxyl groups is 4. The van der Waals surface area contributed by atoms with Gasteiger partial charge < -0.3 is 70.0 Å². The molecule has 4 aliphatic heterocycles. The van der Waals surface area contributed by atoms with E-state index in [9.17, 15) is 29.4 Å². The number of unbranched alkanes of at least 4 members (excludes halogenated alkanes) is 8. The van der Waals surface area contributed by atoms with Crippen molar-refractivity contribution >= 4 is 23.8 Å². The van der Waals surface area contributed by atoms with Crippen LogP contribution in [0.4, 0.5) is 0 Å². The summed E-state index contributed by atoms with van der Waals surface area (Å²) in [5.41, 5.74) is 0.895. The molecule has 390 valence electrons. The van der Waals surface area contributed by atoms with Crippen LogP contribution >= 0.6 is 0 Å². The third-order valence-electron chi connectivity index (χ3n) is 11.9. The molecule has 0 aromatic heterocycles. The number of hydrogen-bond acceptors (Lipinski definition) is 14. The second kappa shape index (κ2) is 32.2. The molecule has 2 aromatic rings. The van der Waals surface area contributed by atoms with E-state index in [2.05, 4.69) is 34.3 Å². The van der Waals surface area contributed by atoms with Crippen molar-refractivity contribution in [1.29, 1.82) is 0 Å². The summed E-state index contributed by atoms with van der Waals surface area (Å²) < 4.78 is 82.7. The maximum atomic E-state index is 12.6. The number of carboxylic acid groups (broad SMARTS) is 2. The lowest BCUT2D eigenvalue weighted by Crippen LogP contribution is -2.46. The third-order valence-corrected chi connectivity index (χ3v) is 11.9. The molecule has 0 bridgehead atoms. The fraction of sp³-hybridized carbons (Fsp3) is 0.686. The van der Waals surface area contributed by atoms with Crippen LogP contribution < -0.4 is 29.6 Å². The van der Waals surface area contributed by atoms with Crippen LogP contribution in [0, 0.1) is 0 Å². The summed E-state index contributed by atoms with van der Waals surface area (Å²) in [6, 6.07) is 7.97. The Morgan fingerprint density at radius 3 is 1.22 bits per heavy atom. The molecule has 4 heterocycles. The molecule has 4 aliphatic rings. The maximum Gasteiger partial charge on any atom is 0.335 e. The van der Waals surface area contributed by atoms with E-state index in [0.717, 1.165) is 103 Å². The van der Waals surface area contributed by atoms with Crippen LogP contribution in [0.5, 0.6) is 23.0 Å². The number of carbonyl (C=O) groups excluding carboxylic acids is 2. The topological polar surface area (TPSA) is 257 Å². The van der Waals surface area contributed by atoms with Crippen molar-refractivity contribution in [3.05, 3.63) is 47.5 Å². The van der Waals surface area contributed by atoms with E-state index >= 15 is 0 Å². The second-order valence-corrected chi connectivity index (χ2v) is 17.4. The molecular weight excluding hydrogens is 893 g/mol. The zero-order valence-electron chi connectivity index (χ0n) is 47.3. The highest BCUT2D eigenvalue weighted by Gasteiger charge is 2.31. The molecule has 2 aromatic carbocycles. The molecule has 2 fully saturated rings. The van der Waals surface area contributed by atoms with Gasteiger partial charge in [0, 0.05) is 25.9 Å². The summed E-state index contributed by atoms with van der Waals surface area (Å²) in [7, 11) is 0. The molecule has 69 heavy (non-hydrogen) atoms. The first-order valence-electron chi connectivity index (χ1n) is 28.0. The average molecular weight is 983 g/mol. The van der Waals surface area contributed by atoms with Gasteiger partial charge in [0.1, 0.15) is 38.4 Å². The molecule has 18 heteroatoms. The Bertz CT molecular complexity index is 2040. The van der Waals surface area contributed by atoms with Gasteiger partial charge >= 0.3 is 11.9 Å². The van der Waals surface area contributed by atoms with Crippen LogP contribution in [0.3, 0.4) is 0 Å². The number of amides is 2. The van der Waals surface area contributed by atoms with Gasteiger partial charge in [0.05, 0.1) is 23.0 Å². The smallest absolute Gasteiger partial charge is 0.335 e. The number of likely N-dealkylation sites (tertiary alicyclic amines) is 2. The number of rotatable bonds is 25. The summed E-state index contributed by atoms with van der Waals surface area (Å²) in [5.74, 6) is -3.53. The predicted molar refractivity (Wildman–Crippen MR) is 261 cm³/mol. The van der Waals surface area contributed by atoms with Crippen molar-refractivity contribution in [3.63, 3.8) is 0 Å². The van der Waals surface area contributed by atoms with E-state index in [1.165, 1.54) is 37.1 Å².